The molecule has 2 aromatic rings. The lowest BCUT2D eigenvalue weighted by atomic mass is 10.0. The van der Waals surface area contributed by atoms with Crippen molar-refractivity contribution in [1.82, 2.24) is 0 Å². The van der Waals surface area contributed by atoms with E-state index < -0.39 is 34.6 Å². The summed E-state index contributed by atoms with van der Waals surface area (Å²) in [6.07, 6.45) is -4.78. The molecule has 5 nitrogen and oxygen atoms in total. The summed E-state index contributed by atoms with van der Waals surface area (Å²) in [7, 11) is 0. The maximum Gasteiger partial charge on any atom is 0.417 e. The zero-order valence-corrected chi connectivity index (χ0v) is 17.2. The summed E-state index contributed by atoms with van der Waals surface area (Å²) < 4.78 is 52.0. The standard InChI is InChI=1S/C18H13F4N3O2S.C2H6/c1-17(25-27,10-28-14-6-3-12(19)4-7-14)16(26)24-13-5-2-11(9-23)15(8-13)18(20,21)22;1-2/h2-8H,10H2,1H3,(H,24,26);1-2H3. The highest BCUT2D eigenvalue weighted by atomic mass is 32.2. The van der Waals surface area contributed by atoms with E-state index in [1.165, 1.54) is 37.3 Å². The van der Waals surface area contributed by atoms with Crippen molar-refractivity contribution in [3.63, 3.8) is 0 Å². The van der Waals surface area contributed by atoms with Crippen LogP contribution in [-0.2, 0) is 11.0 Å². The number of alkyl halides is 3. The Morgan fingerprint density at radius 2 is 1.77 bits per heavy atom. The first-order valence-corrected chi connectivity index (χ1v) is 9.73. The van der Waals surface area contributed by atoms with Crippen LogP contribution in [0.2, 0.25) is 0 Å². The number of nitroso groups, excluding NO2 is 1. The third-order valence-electron chi connectivity index (χ3n) is 3.73. The molecular weight excluding hydrogens is 422 g/mol. The molecule has 0 spiro atoms. The second-order valence-electron chi connectivity index (χ2n) is 5.93. The highest BCUT2D eigenvalue weighted by Crippen LogP contribution is 2.34. The van der Waals surface area contributed by atoms with Crippen LogP contribution in [0.25, 0.3) is 0 Å². The fourth-order valence-electron chi connectivity index (χ4n) is 2.11. The predicted molar refractivity (Wildman–Crippen MR) is 107 cm³/mol. The molecule has 30 heavy (non-hydrogen) atoms. The Labute approximate surface area is 175 Å². The first kappa shape index (κ1) is 25.1. The number of amides is 1. The van der Waals surface area contributed by atoms with Crippen molar-refractivity contribution < 1.29 is 22.4 Å². The highest BCUT2D eigenvalue weighted by molar-refractivity contribution is 7.99. The molecule has 0 aliphatic heterocycles. The van der Waals surface area contributed by atoms with Crippen LogP contribution in [0, 0.1) is 22.1 Å². The number of halogens is 4. The lowest BCUT2D eigenvalue weighted by Gasteiger charge is -2.21. The molecule has 1 atom stereocenters. The molecule has 0 saturated carbocycles. The Morgan fingerprint density at radius 1 is 1.17 bits per heavy atom. The number of anilines is 1. The third kappa shape index (κ3) is 6.56. The van der Waals surface area contributed by atoms with Crippen LogP contribution in [0.3, 0.4) is 0 Å². The van der Waals surface area contributed by atoms with Crippen LogP contribution in [0.15, 0.2) is 52.5 Å². The smallest absolute Gasteiger partial charge is 0.324 e. The minimum absolute atomic E-state index is 0.115. The minimum atomic E-state index is -4.78. The van der Waals surface area contributed by atoms with E-state index in [-0.39, 0.29) is 11.4 Å². The molecule has 0 aromatic heterocycles. The van der Waals surface area contributed by atoms with Crippen molar-refractivity contribution in [2.75, 3.05) is 11.1 Å². The number of hydrogen-bond donors (Lipinski definition) is 1. The molecule has 2 aromatic carbocycles. The summed E-state index contributed by atoms with van der Waals surface area (Å²) in [6, 6.07) is 9.45. The number of nitrogens with one attached hydrogen (secondary N) is 1. The van der Waals surface area contributed by atoms with E-state index in [1.54, 1.807) is 0 Å². The van der Waals surface area contributed by atoms with Crippen LogP contribution < -0.4 is 5.32 Å². The number of thioether (sulfide) groups is 1. The number of rotatable bonds is 6. The Balaban J connectivity index is 0.00000218. The fraction of sp³-hybridized carbons (Fsp3) is 0.300. The van der Waals surface area contributed by atoms with E-state index in [0.717, 1.165) is 23.9 Å². The zero-order valence-electron chi connectivity index (χ0n) is 16.4. The average Bonchev–Trinajstić information content (AvgIpc) is 2.73. The third-order valence-corrected chi connectivity index (χ3v) is 5.04. The second-order valence-corrected chi connectivity index (χ2v) is 6.98. The predicted octanol–water partition coefficient (Wildman–Crippen LogP) is 6.00. The van der Waals surface area contributed by atoms with Gasteiger partial charge in [-0.2, -0.15) is 18.4 Å². The molecule has 0 aliphatic carbocycles. The van der Waals surface area contributed by atoms with Gasteiger partial charge in [0.05, 0.1) is 17.2 Å². The first-order chi connectivity index (χ1) is 14.1. The van der Waals surface area contributed by atoms with E-state index in [9.17, 15) is 27.3 Å². The molecule has 10 heteroatoms. The van der Waals surface area contributed by atoms with Crippen LogP contribution in [0.5, 0.6) is 0 Å². The summed E-state index contributed by atoms with van der Waals surface area (Å²) in [5, 5.41) is 13.8. The lowest BCUT2D eigenvalue weighted by Crippen LogP contribution is -2.40. The normalized spacial score (nSPS) is 12.6. The lowest BCUT2D eigenvalue weighted by molar-refractivity contribution is -0.137. The van der Waals surface area contributed by atoms with Crippen LogP contribution in [0.4, 0.5) is 23.2 Å². The van der Waals surface area contributed by atoms with Gasteiger partial charge in [0.15, 0.2) is 5.54 Å². The van der Waals surface area contributed by atoms with Gasteiger partial charge < -0.3 is 5.32 Å². The van der Waals surface area contributed by atoms with E-state index in [1.807, 2.05) is 13.8 Å². The Kier molecular flexibility index (Phi) is 8.98. The molecule has 0 aliphatic rings. The van der Waals surface area contributed by atoms with E-state index in [2.05, 4.69) is 10.5 Å². The molecule has 1 N–H and O–H groups in total. The van der Waals surface area contributed by atoms with Crippen molar-refractivity contribution in [3.05, 3.63) is 64.3 Å². The summed E-state index contributed by atoms with van der Waals surface area (Å²) >= 11 is 1.07. The molecule has 0 radical (unpaired) electrons. The maximum absolute atomic E-state index is 13.0. The number of nitriles is 1. The fourth-order valence-corrected chi connectivity index (χ4v) is 3.07. The van der Waals surface area contributed by atoms with E-state index in [0.29, 0.717) is 11.0 Å². The number of carbonyl (C=O) groups excluding carboxylic acids is 1. The number of nitrogens with zero attached hydrogens (tertiary/aromatic N) is 2. The van der Waals surface area contributed by atoms with Crippen LogP contribution in [-0.4, -0.2) is 17.2 Å². The van der Waals surface area contributed by atoms with Gasteiger partial charge in [-0.05, 0) is 49.4 Å². The Hall–Kier alpha value is -2.93. The zero-order chi connectivity index (χ0) is 22.9. The number of hydrogen-bond acceptors (Lipinski definition) is 5. The molecule has 0 heterocycles. The van der Waals surface area contributed by atoms with Crippen LogP contribution >= 0.6 is 11.8 Å². The van der Waals surface area contributed by atoms with Gasteiger partial charge in [-0.3, -0.25) is 4.79 Å². The van der Waals surface area contributed by atoms with Gasteiger partial charge in [-0.1, -0.05) is 19.0 Å². The monoisotopic (exact) mass is 441 g/mol. The maximum atomic E-state index is 13.0. The quantitative estimate of drug-likeness (QED) is 0.339. The Bertz CT molecular complexity index is 927. The van der Waals surface area contributed by atoms with Crippen molar-refractivity contribution >= 4 is 23.4 Å². The highest BCUT2D eigenvalue weighted by Gasteiger charge is 2.37. The summed E-state index contributed by atoms with van der Waals surface area (Å²) in [6.45, 7) is 5.24. The molecule has 0 bridgehead atoms. The average molecular weight is 441 g/mol. The summed E-state index contributed by atoms with van der Waals surface area (Å²) in [5.74, 6) is -1.47. The molecule has 0 fully saturated rings. The van der Waals surface area contributed by atoms with Crippen molar-refractivity contribution in [2.24, 2.45) is 5.18 Å². The van der Waals surface area contributed by atoms with Gasteiger partial charge in [0.1, 0.15) is 5.82 Å². The molecule has 2 rings (SSSR count). The summed E-state index contributed by atoms with van der Waals surface area (Å²) in [5.41, 5.74) is -3.80. The van der Waals surface area contributed by atoms with E-state index in [4.69, 9.17) is 5.26 Å². The van der Waals surface area contributed by atoms with Gasteiger partial charge >= 0.3 is 6.18 Å². The van der Waals surface area contributed by atoms with Gasteiger partial charge in [0, 0.05) is 16.3 Å². The first-order valence-electron chi connectivity index (χ1n) is 8.75. The van der Waals surface area contributed by atoms with Crippen LogP contribution in [0.1, 0.15) is 31.9 Å². The van der Waals surface area contributed by atoms with Crippen molar-refractivity contribution in [3.8, 4) is 6.07 Å². The largest absolute Gasteiger partial charge is 0.417 e. The molecule has 160 valence electrons. The molecule has 1 amide bonds. The van der Waals surface area contributed by atoms with E-state index >= 15 is 0 Å². The summed E-state index contributed by atoms with van der Waals surface area (Å²) in [4.78, 5) is 24.3. The topological polar surface area (TPSA) is 82.3 Å². The van der Waals surface area contributed by atoms with Gasteiger partial charge in [0.2, 0.25) is 0 Å². The van der Waals surface area contributed by atoms with Crippen molar-refractivity contribution in [2.45, 2.75) is 37.4 Å². The molecular formula is C20H19F4N3O2S. The van der Waals surface area contributed by atoms with Gasteiger partial charge in [-0.15, -0.1) is 16.7 Å². The second kappa shape index (κ2) is 10.7. The number of benzene rings is 2. The number of carbonyl (C=O) groups is 1. The van der Waals surface area contributed by atoms with Crippen molar-refractivity contribution in [1.29, 1.82) is 5.26 Å². The minimum Gasteiger partial charge on any atom is -0.324 e. The SMILES string of the molecule is CC.CC(CSc1ccc(F)cc1)(N=O)C(=O)Nc1ccc(C#N)c(C(F)(F)F)c1. The van der Waals surface area contributed by atoms with Gasteiger partial charge in [0.25, 0.3) is 5.91 Å². The van der Waals surface area contributed by atoms with Gasteiger partial charge in [-0.25, -0.2) is 4.39 Å². The molecule has 0 saturated heterocycles. The Morgan fingerprint density at radius 3 is 2.27 bits per heavy atom. The molecule has 1 unspecified atom stereocenters.